The van der Waals surface area contributed by atoms with E-state index in [1.807, 2.05) is 26.8 Å². The minimum atomic E-state index is -1.42. The number of aromatic nitrogens is 1. The van der Waals surface area contributed by atoms with Crippen molar-refractivity contribution in [3.63, 3.8) is 0 Å². The number of halogens is 1. The quantitative estimate of drug-likeness (QED) is 0.762. The van der Waals surface area contributed by atoms with Crippen LogP contribution in [0.2, 0.25) is 0 Å². The maximum absolute atomic E-state index is 15.5. The molecular formula is C24H26FNO5. The van der Waals surface area contributed by atoms with Gasteiger partial charge in [-0.2, -0.15) is 0 Å². The van der Waals surface area contributed by atoms with E-state index in [0.29, 0.717) is 36.9 Å². The molecule has 1 saturated carbocycles. The van der Waals surface area contributed by atoms with Crippen molar-refractivity contribution in [2.24, 2.45) is 5.41 Å². The number of hydrogen-bond donors (Lipinski definition) is 1. The van der Waals surface area contributed by atoms with Crippen molar-refractivity contribution < 1.29 is 23.8 Å². The van der Waals surface area contributed by atoms with Crippen molar-refractivity contribution in [2.45, 2.75) is 58.4 Å². The third-order valence-electron chi connectivity index (χ3n) is 6.89. The molecule has 2 aliphatic heterocycles. The van der Waals surface area contributed by atoms with Crippen LogP contribution in [0.3, 0.4) is 0 Å². The normalized spacial score (nSPS) is 19.9. The number of hydrogen-bond acceptors (Lipinski definition) is 4. The topological polar surface area (TPSA) is 77.8 Å². The summed E-state index contributed by atoms with van der Waals surface area (Å²) in [4.78, 5) is 24.2. The zero-order valence-electron chi connectivity index (χ0n) is 18.0. The van der Waals surface area contributed by atoms with Gasteiger partial charge in [-0.3, -0.25) is 4.79 Å². The molecule has 0 spiro atoms. The van der Waals surface area contributed by atoms with Crippen LogP contribution in [0.5, 0.6) is 11.5 Å². The number of aromatic carboxylic acids is 1. The first-order valence-electron chi connectivity index (χ1n) is 10.8. The van der Waals surface area contributed by atoms with Crippen LogP contribution in [0, 0.1) is 11.2 Å². The van der Waals surface area contributed by atoms with Crippen molar-refractivity contribution in [3.8, 4) is 22.8 Å². The average Bonchev–Trinajstić information content (AvgIpc) is 2.67. The smallest absolute Gasteiger partial charge is 0.341 e. The molecule has 0 unspecified atom stereocenters. The number of benzene rings is 1. The molecule has 0 bridgehead atoms. The van der Waals surface area contributed by atoms with Crippen LogP contribution in [-0.4, -0.2) is 28.9 Å². The Kier molecular flexibility index (Phi) is 4.43. The zero-order chi connectivity index (χ0) is 22.1. The highest BCUT2D eigenvalue weighted by molar-refractivity contribution is 5.88. The number of pyridine rings is 1. The van der Waals surface area contributed by atoms with Gasteiger partial charge in [-0.1, -0.05) is 27.2 Å². The molecule has 6 nitrogen and oxygen atoms in total. The Balaban J connectivity index is 1.85. The molecule has 3 heterocycles. The molecule has 31 heavy (non-hydrogen) atoms. The SMILES string of the molecule is CC(C)(C)[C@@H]1Cc2c(cc(C3CCC3)c3c2OCCO3)-c2c(F)c(=O)c(C(=O)O)cn21. The summed E-state index contributed by atoms with van der Waals surface area (Å²) in [7, 11) is 0. The van der Waals surface area contributed by atoms with Crippen LogP contribution >= 0.6 is 0 Å². The van der Waals surface area contributed by atoms with Crippen LogP contribution in [-0.2, 0) is 6.42 Å². The lowest BCUT2D eigenvalue weighted by Crippen LogP contribution is -2.35. The summed E-state index contributed by atoms with van der Waals surface area (Å²) < 4.78 is 29.3. The highest BCUT2D eigenvalue weighted by Crippen LogP contribution is 2.53. The summed E-state index contributed by atoms with van der Waals surface area (Å²) in [5.74, 6) is -0.718. The number of ether oxygens (including phenoxy) is 2. The van der Waals surface area contributed by atoms with E-state index < -0.39 is 22.8 Å². The van der Waals surface area contributed by atoms with E-state index in [4.69, 9.17) is 9.47 Å². The lowest BCUT2D eigenvalue weighted by Gasteiger charge is -2.41. The molecule has 1 aromatic heterocycles. The molecule has 1 aromatic carbocycles. The Bertz CT molecular complexity index is 1160. The van der Waals surface area contributed by atoms with Crippen molar-refractivity contribution in [3.05, 3.63) is 45.0 Å². The Morgan fingerprint density at radius 3 is 2.45 bits per heavy atom. The minimum absolute atomic E-state index is 0.147. The molecule has 7 heteroatoms. The Labute approximate surface area is 179 Å². The van der Waals surface area contributed by atoms with Gasteiger partial charge in [0.25, 0.3) is 0 Å². The summed E-state index contributed by atoms with van der Waals surface area (Å²) in [5.41, 5.74) is 0.634. The number of carboxylic acids is 1. The van der Waals surface area contributed by atoms with Gasteiger partial charge in [0.2, 0.25) is 5.43 Å². The molecule has 3 aliphatic rings. The van der Waals surface area contributed by atoms with E-state index in [-0.39, 0.29) is 17.2 Å². The van der Waals surface area contributed by atoms with Gasteiger partial charge in [0, 0.05) is 28.9 Å². The maximum atomic E-state index is 15.5. The number of fused-ring (bicyclic) bond motifs is 5. The molecule has 0 amide bonds. The lowest BCUT2D eigenvalue weighted by molar-refractivity contribution is 0.0692. The molecule has 0 radical (unpaired) electrons. The standard InChI is InChI=1S/C24H26FNO5/c1-24(2,3)17-10-15-14(19-18(25)20(27)16(23(28)29)11-26(17)19)9-13(12-5-4-6-12)21-22(15)31-8-7-30-21/h9,11-12,17H,4-8,10H2,1-3H3,(H,28,29)/t17-/m0/s1. The number of carbonyl (C=O) groups is 1. The molecule has 0 saturated heterocycles. The highest BCUT2D eigenvalue weighted by atomic mass is 19.1. The number of carboxylic acid groups (broad SMARTS) is 1. The largest absolute Gasteiger partial charge is 0.486 e. The molecule has 1 aliphatic carbocycles. The van der Waals surface area contributed by atoms with Gasteiger partial charge in [0.15, 0.2) is 17.3 Å². The lowest BCUT2D eigenvalue weighted by atomic mass is 9.75. The van der Waals surface area contributed by atoms with Gasteiger partial charge in [-0.25, -0.2) is 9.18 Å². The van der Waals surface area contributed by atoms with Crippen LogP contribution in [0.15, 0.2) is 17.1 Å². The molecule has 1 fully saturated rings. The van der Waals surface area contributed by atoms with Gasteiger partial charge >= 0.3 is 5.97 Å². The Morgan fingerprint density at radius 2 is 1.87 bits per heavy atom. The van der Waals surface area contributed by atoms with E-state index in [1.54, 1.807) is 4.57 Å². The van der Waals surface area contributed by atoms with E-state index in [2.05, 4.69) is 0 Å². The van der Waals surface area contributed by atoms with Crippen molar-refractivity contribution in [2.75, 3.05) is 13.2 Å². The molecule has 164 valence electrons. The first kappa shape index (κ1) is 20.1. The average molecular weight is 427 g/mol. The van der Waals surface area contributed by atoms with Gasteiger partial charge in [0.05, 0.1) is 5.69 Å². The summed E-state index contributed by atoms with van der Waals surface area (Å²) >= 11 is 0. The van der Waals surface area contributed by atoms with Gasteiger partial charge < -0.3 is 19.1 Å². The second-order valence-electron chi connectivity index (χ2n) is 9.81. The summed E-state index contributed by atoms with van der Waals surface area (Å²) in [6.45, 7) is 6.96. The second kappa shape index (κ2) is 6.84. The fourth-order valence-electron chi connectivity index (χ4n) is 5.00. The minimum Gasteiger partial charge on any atom is -0.486 e. The summed E-state index contributed by atoms with van der Waals surface area (Å²) in [5, 5.41) is 9.47. The molecular weight excluding hydrogens is 401 g/mol. The van der Waals surface area contributed by atoms with Crippen molar-refractivity contribution >= 4 is 5.97 Å². The van der Waals surface area contributed by atoms with Crippen LogP contribution in [0.1, 0.15) is 73.5 Å². The predicted molar refractivity (Wildman–Crippen MR) is 113 cm³/mol. The van der Waals surface area contributed by atoms with E-state index in [9.17, 15) is 14.7 Å². The van der Waals surface area contributed by atoms with Crippen LogP contribution < -0.4 is 14.9 Å². The molecule has 2 aromatic rings. The Morgan fingerprint density at radius 1 is 1.19 bits per heavy atom. The van der Waals surface area contributed by atoms with E-state index in [0.717, 1.165) is 36.1 Å². The summed E-state index contributed by atoms with van der Waals surface area (Å²) in [6, 6.07) is 1.69. The monoisotopic (exact) mass is 427 g/mol. The Hall–Kier alpha value is -2.83. The first-order chi connectivity index (χ1) is 14.7. The van der Waals surface area contributed by atoms with Gasteiger partial charge in [-0.05, 0) is 36.7 Å². The van der Waals surface area contributed by atoms with Gasteiger partial charge in [-0.15, -0.1) is 0 Å². The number of rotatable bonds is 2. The summed E-state index contributed by atoms with van der Waals surface area (Å²) in [6.07, 6.45) is 5.04. The van der Waals surface area contributed by atoms with Gasteiger partial charge in [0.1, 0.15) is 18.8 Å². The first-order valence-corrected chi connectivity index (χ1v) is 10.8. The third-order valence-corrected chi connectivity index (χ3v) is 6.89. The van der Waals surface area contributed by atoms with Crippen LogP contribution in [0.25, 0.3) is 11.3 Å². The van der Waals surface area contributed by atoms with Crippen molar-refractivity contribution in [1.29, 1.82) is 0 Å². The molecule has 1 N–H and O–H groups in total. The van der Waals surface area contributed by atoms with Crippen molar-refractivity contribution in [1.82, 2.24) is 4.57 Å². The molecule has 5 rings (SSSR count). The zero-order valence-corrected chi connectivity index (χ0v) is 18.0. The second-order valence-corrected chi connectivity index (χ2v) is 9.81. The fourth-order valence-corrected chi connectivity index (χ4v) is 5.00. The van der Waals surface area contributed by atoms with Crippen LogP contribution in [0.4, 0.5) is 4.39 Å². The molecule has 1 atom stereocenters. The third kappa shape index (κ3) is 2.97. The fraction of sp³-hybridized carbons (Fsp3) is 0.500. The number of nitrogens with zero attached hydrogens (tertiary/aromatic N) is 1. The highest BCUT2D eigenvalue weighted by Gasteiger charge is 2.40. The van der Waals surface area contributed by atoms with E-state index in [1.165, 1.54) is 6.20 Å². The van der Waals surface area contributed by atoms with E-state index >= 15 is 4.39 Å². The maximum Gasteiger partial charge on any atom is 0.341 e. The predicted octanol–water partition coefficient (Wildman–Crippen LogP) is 4.53.